The van der Waals surface area contributed by atoms with Crippen LogP contribution in [0.5, 0.6) is 0 Å². The van der Waals surface area contributed by atoms with Gasteiger partial charge in [0, 0.05) is 22.9 Å². The van der Waals surface area contributed by atoms with Crippen LogP contribution < -0.4 is 5.73 Å². The molecule has 2 rings (SSSR count). The molecule has 0 amide bonds. The Morgan fingerprint density at radius 3 is 2.73 bits per heavy atom. The van der Waals surface area contributed by atoms with E-state index in [1.165, 1.54) is 11.5 Å². The SMILES string of the molecule is N#Cc1ccc(C(F)(F)F)nc1SCCC(N)c1ccns1. The minimum atomic E-state index is -4.53. The van der Waals surface area contributed by atoms with Crippen LogP contribution in [0.15, 0.2) is 29.4 Å². The Labute approximate surface area is 133 Å². The molecule has 0 saturated carbocycles. The van der Waals surface area contributed by atoms with Gasteiger partial charge in [0.05, 0.1) is 5.56 Å². The summed E-state index contributed by atoms with van der Waals surface area (Å²) in [5, 5.41) is 9.03. The van der Waals surface area contributed by atoms with Crippen LogP contribution in [0.3, 0.4) is 0 Å². The van der Waals surface area contributed by atoms with Crippen LogP contribution in [0, 0.1) is 11.3 Å². The van der Waals surface area contributed by atoms with E-state index in [0.29, 0.717) is 12.2 Å². The third kappa shape index (κ3) is 4.19. The average Bonchev–Trinajstić information content (AvgIpc) is 3.00. The number of nitrogens with two attached hydrogens (primary N) is 1. The number of alkyl halides is 3. The molecule has 0 radical (unpaired) electrons. The zero-order chi connectivity index (χ0) is 16.2. The van der Waals surface area contributed by atoms with Crippen molar-refractivity contribution in [2.75, 3.05) is 5.75 Å². The first-order valence-corrected chi connectivity index (χ1v) is 7.95. The second-order valence-electron chi connectivity index (χ2n) is 4.32. The van der Waals surface area contributed by atoms with Gasteiger partial charge >= 0.3 is 6.18 Å². The maximum Gasteiger partial charge on any atom is 0.433 e. The molecule has 2 aromatic heterocycles. The van der Waals surface area contributed by atoms with Crippen molar-refractivity contribution in [2.45, 2.75) is 23.7 Å². The molecular weight excluding hydrogens is 333 g/mol. The van der Waals surface area contributed by atoms with Gasteiger partial charge in [0.25, 0.3) is 0 Å². The van der Waals surface area contributed by atoms with E-state index < -0.39 is 11.9 Å². The third-order valence-corrected chi connectivity index (χ3v) is 4.66. The number of nitriles is 1. The molecule has 0 spiro atoms. The number of pyridine rings is 1. The van der Waals surface area contributed by atoms with E-state index in [-0.39, 0.29) is 16.6 Å². The van der Waals surface area contributed by atoms with Gasteiger partial charge in [-0.3, -0.25) is 0 Å². The van der Waals surface area contributed by atoms with Crippen molar-refractivity contribution in [2.24, 2.45) is 5.73 Å². The Hall–Kier alpha value is -1.63. The van der Waals surface area contributed by atoms with Crippen molar-refractivity contribution < 1.29 is 13.2 Å². The summed E-state index contributed by atoms with van der Waals surface area (Å²) < 4.78 is 41.9. The summed E-state index contributed by atoms with van der Waals surface area (Å²) in [6, 6.07) is 5.38. The molecule has 22 heavy (non-hydrogen) atoms. The lowest BCUT2D eigenvalue weighted by Crippen LogP contribution is -2.10. The molecule has 1 atom stereocenters. The summed E-state index contributed by atoms with van der Waals surface area (Å²) in [4.78, 5) is 4.45. The molecule has 0 fully saturated rings. The molecule has 0 bridgehead atoms. The first-order valence-electron chi connectivity index (χ1n) is 6.19. The van der Waals surface area contributed by atoms with Crippen molar-refractivity contribution in [3.05, 3.63) is 40.5 Å². The topological polar surface area (TPSA) is 75.6 Å². The van der Waals surface area contributed by atoms with E-state index in [9.17, 15) is 13.2 Å². The maximum atomic E-state index is 12.7. The molecule has 0 aliphatic carbocycles. The largest absolute Gasteiger partial charge is 0.433 e. The minimum Gasteiger partial charge on any atom is -0.323 e. The second-order valence-corrected chi connectivity index (χ2v) is 6.27. The van der Waals surface area contributed by atoms with Crippen LogP contribution >= 0.6 is 23.3 Å². The van der Waals surface area contributed by atoms with Crippen LogP contribution in [-0.2, 0) is 6.18 Å². The number of hydrogen-bond acceptors (Lipinski definition) is 6. The number of aromatic nitrogens is 2. The summed E-state index contributed by atoms with van der Waals surface area (Å²) >= 11 is 2.39. The Kier molecular flexibility index (Phi) is 5.39. The summed E-state index contributed by atoms with van der Waals surface area (Å²) in [5.41, 5.74) is 5.09. The molecule has 2 N–H and O–H groups in total. The fourth-order valence-electron chi connectivity index (χ4n) is 1.64. The zero-order valence-corrected chi connectivity index (χ0v) is 12.8. The van der Waals surface area contributed by atoms with E-state index in [0.717, 1.165) is 28.8 Å². The highest BCUT2D eigenvalue weighted by atomic mass is 32.2. The molecule has 1 unspecified atom stereocenters. The number of hydrogen-bond donors (Lipinski definition) is 1. The normalized spacial score (nSPS) is 12.9. The molecule has 0 aliphatic heterocycles. The van der Waals surface area contributed by atoms with Crippen LogP contribution in [0.2, 0.25) is 0 Å². The van der Waals surface area contributed by atoms with Crippen LogP contribution in [0.1, 0.15) is 28.6 Å². The van der Waals surface area contributed by atoms with Gasteiger partial charge in [-0.2, -0.15) is 18.4 Å². The quantitative estimate of drug-likeness (QED) is 0.839. The highest BCUT2D eigenvalue weighted by molar-refractivity contribution is 7.99. The number of rotatable bonds is 5. The average molecular weight is 344 g/mol. The molecule has 0 aliphatic rings. The summed E-state index contributed by atoms with van der Waals surface area (Å²) in [5.74, 6) is 0.460. The van der Waals surface area contributed by atoms with Gasteiger partial charge in [0.1, 0.15) is 16.8 Å². The van der Waals surface area contributed by atoms with Gasteiger partial charge in [-0.1, -0.05) is 0 Å². The second kappa shape index (κ2) is 7.09. The number of halogens is 3. The van der Waals surface area contributed by atoms with E-state index >= 15 is 0 Å². The highest BCUT2D eigenvalue weighted by Gasteiger charge is 2.33. The maximum absolute atomic E-state index is 12.7. The predicted octanol–water partition coefficient (Wildman–Crippen LogP) is 3.61. The smallest absolute Gasteiger partial charge is 0.323 e. The van der Waals surface area contributed by atoms with Crippen molar-refractivity contribution in [3.8, 4) is 6.07 Å². The summed E-state index contributed by atoms with van der Waals surface area (Å²) in [6.45, 7) is 0. The van der Waals surface area contributed by atoms with Crippen molar-refractivity contribution in [3.63, 3.8) is 0 Å². The van der Waals surface area contributed by atoms with Gasteiger partial charge in [-0.05, 0) is 36.2 Å². The number of thioether (sulfide) groups is 1. The van der Waals surface area contributed by atoms with Crippen molar-refractivity contribution >= 4 is 23.3 Å². The molecule has 116 valence electrons. The Morgan fingerprint density at radius 2 is 2.14 bits per heavy atom. The standard InChI is InChI=1S/C13H11F3N4S2/c14-13(15,16)11-2-1-8(7-17)12(20-11)21-6-4-9(18)10-3-5-19-22-10/h1-3,5,9H,4,6,18H2. The van der Waals surface area contributed by atoms with E-state index in [2.05, 4.69) is 9.36 Å². The first-order chi connectivity index (χ1) is 10.4. The predicted molar refractivity (Wildman–Crippen MR) is 78.3 cm³/mol. The van der Waals surface area contributed by atoms with Crippen LogP contribution in [-0.4, -0.2) is 15.1 Å². The highest BCUT2D eigenvalue weighted by Crippen LogP contribution is 2.31. The van der Waals surface area contributed by atoms with E-state index in [1.54, 1.807) is 6.20 Å². The molecule has 0 saturated heterocycles. The molecular formula is C13H11F3N4S2. The number of nitrogens with zero attached hydrogens (tertiary/aromatic N) is 3. The van der Waals surface area contributed by atoms with Gasteiger partial charge in [0.2, 0.25) is 0 Å². The zero-order valence-electron chi connectivity index (χ0n) is 11.2. The summed E-state index contributed by atoms with van der Waals surface area (Å²) in [6.07, 6.45) is -2.33. The van der Waals surface area contributed by atoms with Gasteiger partial charge in [0.15, 0.2) is 0 Å². The molecule has 9 heteroatoms. The lowest BCUT2D eigenvalue weighted by molar-refractivity contribution is -0.141. The Morgan fingerprint density at radius 1 is 1.36 bits per heavy atom. The molecule has 0 aromatic carbocycles. The summed E-state index contributed by atoms with van der Waals surface area (Å²) in [7, 11) is 0. The molecule has 2 aromatic rings. The van der Waals surface area contributed by atoms with E-state index in [1.807, 2.05) is 12.1 Å². The Balaban J connectivity index is 2.04. The first kappa shape index (κ1) is 16.7. The van der Waals surface area contributed by atoms with Gasteiger partial charge in [-0.25, -0.2) is 9.36 Å². The van der Waals surface area contributed by atoms with Gasteiger partial charge < -0.3 is 5.73 Å². The van der Waals surface area contributed by atoms with Crippen LogP contribution in [0.25, 0.3) is 0 Å². The van der Waals surface area contributed by atoms with Crippen molar-refractivity contribution in [1.29, 1.82) is 5.26 Å². The lowest BCUT2D eigenvalue weighted by atomic mass is 10.2. The van der Waals surface area contributed by atoms with Gasteiger partial charge in [-0.15, -0.1) is 11.8 Å². The third-order valence-electron chi connectivity index (χ3n) is 2.76. The monoisotopic (exact) mass is 344 g/mol. The molecule has 4 nitrogen and oxygen atoms in total. The van der Waals surface area contributed by atoms with Crippen molar-refractivity contribution in [1.82, 2.24) is 9.36 Å². The lowest BCUT2D eigenvalue weighted by Gasteiger charge is -2.11. The Bertz CT molecular complexity index is 665. The molecule has 2 heterocycles. The minimum absolute atomic E-state index is 0.0776. The fourth-order valence-corrected chi connectivity index (χ4v) is 3.25. The van der Waals surface area contributed by atoms with Crippen LogP contribution in [0.4, 0.5) is 13.2 Å². The fraction of sp³-hybridized carbons (Fsp3) is 0.308. The van der Waals surface area contributed by atoms with E-state index in [4.69, 9.17) is 11.0 Å².